The van der Waals surface area contributed by atoms with E-state index in [0.717, 1.165) is 5.75 Å². The van der Waals surface area contributed by atoms with Gasteiger partial charge in [0.15, 0.2) is 0 Å². The van der Waals surface area contributed by atoms with E-state index in [4.69, 9.17) is 9.84 Å². The van der Waals surface area contributed by atoms with Gasteiger partial charge in [-0.05, 0) is 31.4 Å². The minimum absolute atomic E-state index is 0.0205. The molecule has 112 valence electrons. The quantitative estimate of drug-likeness (QED) is 0.669. The summed E-state index contributed by atoms with van der Waals surface area (Å²) in [6.45, 7) is 0.359. The normalized spacial score (nSPS) is 11.2. The van der Waals surface area contributed by atoms with Crippen LogP contribution in [0.4, 0.5) is 0 Å². The summed E-state index contributed by atoms with van der Waals surface area (Å²) in [5.74, 6) is -0.0385. The van der Waals surface area contributed by atoms with Crippen molar-refractivity contribution in [3.63, 3.8) is 0 Å². The average molecular weight is 300 g/mol. The minimum Gasteiger partial charge on any atom is -0.494 e. The van der Waals surface area contributed by atoms with Crippen LogP contribution in [0.3, 0.4) is 0 Å². The van der Waals surface area contributed by atoms with E-state index in [1.165, 1.54) is 0 Å². The molecule has 0 fully saturated rings. The Labute approximate surface area is 119 Å². The Balaban J connectivity index is 2.15. The van der Waals surface area contributed by atoms with E-state index in [1.54, 1.807) is 0 Å². The molecule has 20 heavy (non-hydrogen) atoms. The Morgan fingerprint density at radius 1 is 1.05 bits per heavy atom. The summed E-state index contributed by atoms with van der Waals surface area (Å²) < 4.78 is 28.8. The first-order valence-electron chi connectivity index (χ1n) is 6.60. The molecule has 0 atom stereocenters. The fourth-order valence-electron chi connectivity index (χ4n) is 1.69. The van der Waals surface area contributed by atoms with Crippen molar-refractivity contribution in [2.45, 2.75) is 25.7 Å². The molecule has 0 spiro atoms. The number of para-hydroxylation sites is 1. The topological polar surface area (TPSA) is 80.7 Å². The fraction of sp³-hybridized carbons (Fsp3) is 0.500. The summed E-state index contributed by atoms with van der Waals surface area (Å²) in [5.41, 5.74) is 0. The highest BCUT2D eigenvalue weighted by molar-refractivity contribution is 7.91. The number of rotatable bonds is 10. The van der Waals surface area contributed by atoms with Crippen LogP contribution in [0.15, 0.2) is 30.3 Å². The van der Waals surface area contributed by atoms with E-state index < -0.39 is 15.8 Å². The summed E-state index contributed by atoms with van der Waals surface area (Å²) in [4.78, 5) is 10.3. The summed E-state index contributed by atoms with van der Waals surface area (Å²) in [7, 11) is -3.11. The molecule has 1 N–H and O–H groups in total. The zero-order valence-electron chi connectivity index (χ0n) is 11.3. The third kappa shape index (κ3) is 7.78. The van der Waals surface area contributed by atoms with Gasteiger partial charge < -0.3 is 9.84 Å². The Morgan fingerprint density at radius 2 is 1.70 bits per heavy atom. The van der Waals surface area contributed by atoms with Crippen LogP contribution in [-0.2, 0) is 14.6 Å². The molecule has 6 heteroatoms. The predicted molar refractivity (Wildman–Crippen MR) is 76.7 cm³/mol. The molecule has 0 saturated carbocycles. The first kappa shape index (κ1) is 16.5. The van der Waals surface area contributed by atoms with E-state index in [-0.39, 0.29) is 17.9 Å². The molecule has 0 aromatic heterocycles. The van der Waals surface area contributed by atoms with Crippen molar-refractivity contribution in [2.75, 3.05) is 18.1 Å². The molecule has 0 aliphatic rings. The second kappa shape index (κ2) is 8.58. The Kier molecular flexibility index (Phi) is 7.08. The summed E-state index contributed by atoms with van der Waals surface area (Å²) in [6.07, 6.45) is 1.26. The van der Waals surface area contributed by atoms with Crippen molar-refractivity contribution in [3.05, 3.63) is 30.3 Å². The van der Waals surface area contributed by atoms with Crippen LogP contribution in [0.25, 0.3) is 0 Å². The van der Waals surface area contributed by atoms with Gasteiger partial charge in [-0.2, -0.15) is 0 Å². The second-order valence-electron chi connectivity index (χ2n) is 4.52. The molecule has 0 bridgehead atoms. The van der Waals surface area contributed by atoms with Gasteiger partial charge in [-0.15, -0.1) is 0 Å². The Morgan fingerprint density at radius 3 is 2.35 bits per heavy atom. The highest BCUT2D eigenvalue weighted by Gasteiger charge is 2.10. The lowest BCUT2D eigenvalue weighted by atomic mass is 10.3. The summed E-state index contributed by atoms with van der Waals surface area (Å²) in [5, 5.41) is 8.46. The maximum atomic E-state index is 11.7. The average Bonchev–Trinajstić information content (AvgIpc) is 2.41. The van der Waals surface area contributed by atoms with Gasteiger partial charge in [-0.1, -0.05) is 18.2 Å². The summed E-state index contributed by atoms with van der Waals surface area (Å²) in [6, 6.07) is 9.23. The largest absolute Gasteiger partial charge is 0.494 e. The number of ether oxygens (including phenoxy) is 1. The van der Waals surface area contributed by atoms with E-state index >= 15 is 0 Å². The Hall–Kier alpha value is -1.56. The number of carbonyl (C=O) groups is 1. The van der Waals surface area contributed by atoms with Crippen LogP contribution in [0, 0.1) is 0 Å². The van der Waals surface area contributed by atoms with Crippen LogP contribution in [0.2, 0.25) is 0 Å². The Bertz CT molecular complexity index is 496. The third-order valence-corrected chi connectivity index (χ3v) is 4.53. The van der Waals surface area contributed by atoms with Crippen molar-refractivity contribution >= 4 is 15.8 Å². The van der Waals surface area contributed by atoms with Gasteiger partial charge in [0.05, 0.1) is 18.1 Å². The molecule has 5 nitrogen and oxygen atoms in total. The van der Waals surface area contributed by atoms with Gasteiger partial charge in [-0.25, -0.2) is 8.42 Å². The van der Waals surface area contributed by atoms with Crippen molar-refractivity contribution in [1.29, 1.82) is 0 Å². The van der Waals surface area contributed by atoms with Gasteiger partial charge in [0.25, 0.3) is 0 Å². The lowest BCUT2D eigenvalue weighted by molar-refractivity contribution is -0.137. The summed E-state index contributed by atoms with van der Waals surface area (Å²) >= 11 is 0. The highest BCUT2D eigenvalue weighted by atomic mass is 32.2. The maximum absolute atomic E-state index is 11.7. The number of carboxylic acids is 1. The molecular weight excluding hydrogens is 280 g/mol. The van der Waals surface area contributed by atoms with Crippen LogP contribution in [0.1, 0.15) is 25.7 Å². The van der Waals surface area contributed by atoms with Crippen LogP contribution < -0.4 is 4.74 Å². The molecule has 1 aromatic rings. The molecule has 1 rings (SSSR count). The number of unbranched alkanes of at least 4 members (excludes halogenated alkanes) is 1. The molecule has 1 aromatic carbocycles. The maximum Gasteiger partial charge on any atom is 0.303 e. The second-order valence-corrected chi connectivity index (χ2v) is 6.82. The number of carboxylic acid groups (broad SMARTS) is 1. The first-order valence-corrected chi connectivity index (χ1v) is 8.42. The lowest BCUT2D eigenvalue weighted by Gasteiger charge is -2.06. The van der Waals surface area contributed by atoms with Crippen LogP contribution >= 0.6 is 0 Å². The molecule has 0 amide bonds. The molecule has 0 aliphatic carbocycles. The smallest absolute Gasteiger partial charge is 0.303 e. The molecular formula is C14H20O5S. The highest BCUT2D eigenvalue weighted by Crippen LogP contribution is 2.09. The number of sulfone groups is 1. The number of benzene rings is 1. The van der Waals surface area contributed by atoms with E-state index in [9.17, 15) is 13.2 Å². The molecule has 0 saturated heterocycles. The molecule has 0 unspecified atom stereocenters. The van der Waals surface area contributed by atoms with E-state index in [0.29, 0.717) is 25.9 Å². The zero-order valence-corrected chi connectivity index (χ0v) is 12.1. The SMILES string of the molecule is O=C(O)CCCCS(=O)(=O)CCCOc1ccccc1. The van der Waals surface area contributed by atoms with E-state index in [2.05, 4.69) is 0 Å². The van der Waals surface area contributed by atoms with Crippen LogP contribution in [-0.4, -0.2) is 37.6 Å². The van der Waals surface area contributed by atoms with Crippen molar-refractivity contribution < 1.29 is 23.1 Å². The zero-order chi connectivity index (χ0) is 14.8. The van der Waals surface area contributed by atoms with Crippen molar-refractivity contribution in [1.82, 2.24) is 0 Å². The van der Waals surface area contributed by atoms with Gasteiger partial charge >= 0.3 is 5.97 Å². The van der Waals surface area contributed by atoms with E-state index in [1.807, 2.05) is 30.3 Å². The lowest BCUT2D eigenvalue weighted by Crippen LogP contribution is -2.14. The first-order chi connectivity index (χ1) is 9.49. The monoisotopic (exact) mass is 300 g/mol. The van der Waals surface area contributed by atoms with Gasteiger partial charge in [0, 0.05) is 6.42 Å². The van der Waals surface area contributed by atoms with Gasteiger partial charge in [0.1, 0.15) is 15.6 Å². The molecule has 0 heterocycles. The van der Waals surface area contributed by atoms with Gasteiger partial charge in [0.2, 0.25) is 0 Å². The number of aliphatic carboxylic acids is 1. The van der Waals surface area contributed by atoms with Gasteiger partial charge in [-0.3, -0.25) is 4.79 Å². The van der Waals surface area contributed by atoms with Crippen molar-refractivity contribution in [2.24, 2.45) is 0 Å². The molecule has 0 radical (unpaired) electrons. The number of hydrogen-bond acceptors (Lipinski definition) is 4. The minimum atomic E-state index is -3.11. The van der Waals surface area contributed by atoms with Crippen LogP contribution in [0.5, 0.6) is 5.75 Å². The molecule has 0 aliphatic heterocycles. The number of hydrogen-bond donors (Lipinski definition) is 1. The third-order valence-electron chi connectivity index (χ3n) is 2.71. The fourth-order valence-corrected chi connectivity index (χ4v) is 3.09. The standard InChI is InChI=1S/C14H20O5S/c15-14(16)9-4-5-11-20(17,18)12-6-10-19-13-7-2-1-3-8-13/h1-3,7-8H,4-6,9-12H2,(H,15,16). The van der Waals surface area contributed by atoms with Crippen molar-refractivity contribution in [3.8, 4) is 5.75 Å². The predicted octanol–water partition coefficient (Wildman–Crippen LogP) is 2.13.